The molecule has 0 unspecified atom stereocenters. The van der Waals surface area contributed by atoms with Crippen LogP contribution in [0.1, 0.15) is 194 Å². The van der Waals surface area contributed by atoms with E-state index in [-0.39, 0.29) is 25.7 Å². The number of rotatable bonds is 36. The number of carbonyl (C=O) groups is 4. The lowest BCUT2D eigenvalue weighted by Crippen LogP contribution is -2.08. The summed E-state index contributed by atoms with van der Waals surface area (Å²) in [7, 11) is 0. The molecule has 300 valence electrons. The Labute approximate surface area is 317 Å². The van der Waals surface area contributed by atoms with Crippen LogP contribution in [0, 0.1) is 0 Å². The first-order chi connectivity index (χ1) is 25.3. The Morgan fingerprint density at radius 3 is 0.981 bits per heavy atom. The third kappa shape index (κ3) is 49.0. The van der Waals surface area contributed by atoms with E-state index in [1.807, 2.05) is 0 Å². The maximum Gasteiger partial charge on any atom is 0.306 e. The van der Waals surface area contributed by atoms with Crippen LogP contribution in [0.3, 0.4) is 0 Å². The van der Waals surface area contributed by atoms with E-state index in [4.69, 9.17) is 19.7 Å². The second-order valence-electron chi connectivity index (χ2n) is 13.4. The van der Waals surface area contributed by atoms with E-state index >= 15 is 0 Å². The van der Waals surface area contributed by atoms with E-state index in [2.05, 4.69) is 62.5 Å². The van der Waals surface area contributed by atoms with Gasteiger partial charge in [0.15, 0.2) is 0 Å². The van der Waals surface area contributed by atoms with Crippen molar-refractivity contribution < 1.29 is 38.9 Å². The number of hydrogen-bond donors (Lipinski definition) is 2. The Balaban J connectivity index is 0. The van der Waals surface area contributed by atoms with Gasteiger partial charge in [-0.05, 0) is 77.0 Å². The van der Waals surface area contributed by atoms with Gasteiger partial charge >= 0.3 is 23.9 Å². The summed E-state index contributed by atoms with van der Waals surface area (Å²) in [5.74, 6) is -2.74. The Morgan fingerprint density at radius 2 is 0.673 bits per heavy atom. The summed E-state index contributed by atoms with van der Waals surface area (Å²) in [4.78, 5) is 43.1. The molecule has 0 heterocycles. The number of carbonyl (C=O) groups excluding carboxylic acids is 2. The van der Waals surface area contributed by atoms with E-state index in [1.54, 1.807) is 0 Å². The van der Waals surface area contributed by atoms with Crippen molar-refractivity contribution in [2.24, 2.45) is 0 Å². The number of esters is 2. The molecule has 0 rings (SSSR count). The molecule has 8 nitrogen and oxygen atoms in total. The van der Waals surface area contributed by atoms with Gasteiger partial charge in [-0.2, -0.15) is 0 Å². The molecule has 8 heteroatoms. The van der Waals surface area contributed by atoms with Crippen molar-refractivity contribution in [1.82, 2.24) is 0 Å². The van der Waals surface area contributed by atoms with Crippen LogP contribution in [0.15, 0.2) is 48.6 Å². The monoisotopic (exact) mass is 733 g/mol. The van der Waals surface area contributed by atoms with Crippen LogP contribution in [0.2, 0.25) is 0 Å². The fourth-order valence-corrected chi connectivity index (χ4v) is 5.11. The van der Waals surface area contributed by atoms with Gasteiger partial charge in [-0.3, -0.25) is 19.2 Å². The summed E-state index contributed by atoms with van der Waals surface area (Å²) in [6.07, 6.45) is 46.1. The normalized spacial score (nSPS) is 11.4. The first-order valence-electron chi connectivity index (χ1n) is 20.7. The molecular formula is C44H76O8. The van der Waals surface area contributed by atoms with Crippen molar-refractivity contribution in [2.45, 2.75) is 194 Å². The topological polar surface area (TPSA) is 127 Å². The van der Waals surface area contributed by atoms with E-state index in [0.29, 0.717) is 13.2 Å². The molecule has 0 aromatic carbocycles. The fourth-order valence-electron chi connectivity index (χ4n) is 5.11. The van der Waals surface area contributed by atoms with Crippen molar-refractivity contribution in [2.75, 3.05) is 13.2 Å². The molecule has 0 bridgehead atoms. The second-order valence-corrected chi connectivity index (χ2v) is 13.4. The number of carboxylic acids is 2. The highest BCUT2D eigenvalue weighted by Crippen LogP contribution is 2.10. The molecule has 0 saturated heterocycles. The summed E-state index contributed by atoms with van der Waals surface area (Å²) in [6, 6.07) is 0. The van der Waals surface area contributed by atoms with Gasteiger partial charge in [0.05, 0.1) is 38.9 Å². The summed E-state index contributed by atoms with van der Waals surface area (Å²) in [5, 5.41) is 16.9. The number of unbranched alkanes of at least 4 members (excludes halogenated alkanes) is 18. The van der Waals surface area contributed by atoms with Crippen LogP contribution in [0.25, 0.3) is 0 Å². The Hall–Kier alpha value is -3.16. The average molecular weight is 733 g/mol. The van der Waals surface area contributed by atoms with Crippen LogP contribution in [-0.2, 0) is 28.7 Å². The first-order valence-corrected chi connectivity index (χ1v) is 20.7. The Bertz CT molecular complexity index is 874. The van der Waals surface area contributed by atoms with Crippen LogP contribution >= 0.6 is 0 Å². The smallest absolute Gasteiger partial charge is 0.306 e. The summed E-state index contributed by atoms with van der Waals surface area (Å²) in [6.45, 7) is 5.29. The minimum absolute atomic E-state index is 0.0303. The van der Waals surface area contributed by atoms with Gasteiger partial charge in [0.25, 0.3) is 0 Å². The van der Waals surface area contributed by atoms with Crippen LogP contribution in [-0.4, -0.2) is 47.3 Å². The molecule has 0 aromatic heterocycles. The van der Waals surface area contributed by atoms with Crippen molar-refractivity contribution in [3.8, 4) is 0 Å². The second kappa shape index (κ2) is 44.0. The predicted octanol–water partition coefficient (Wildman–Crippen LogP) is 12.4. The fraction of sp³-hybridized carbons (Fsp3) is 0.727. The Morgan fingerprint density at radius 1 is 0.385 bits per heavy atom. The highest BCUT2D eigenvalue weighted by molar-refractivity contribution is 5.77. The zero-order valence-corrected chi connectivity index (χ0v) is 33.2. The Kier molecular flexibility index (Phi) is 43.1. The lowest BCUT2D eigenvalue weighted by Gasteiger charge is -2.04. The summed E-state index contributed by atoms with van der Waals surface area (Å²) >= 11 is 0. The minimum Gasteiger partial charge on any atom is -0.481 e. The largest absolute Gasteiger partial charge is 0.481 e. The van der Waals surface area contributed by atoms with Crippen LogP contribution in [0.4, 0.5) is 0 Å². The molecule has 0 fully saturated rings. The maximum absolute atomic E-state index is 11.2. The third-order valence-electron chi connectivity index (χ3n) is 8.30. The lowest BCUT2D eigenvalue weighted by atomic mass is 10.1. The van der Waals surface area contributed by atoms with Crippen LogP contribution < -0.4 is 0 Å². The van der Waals surface area contributed by atoms with Crippen molar-refractivity contribution >= 4 is 23.9 Å². The van der Waals surface area contributed by atoms with Gasteiger partial charge in [0.1, 0.15) is 0 Å². The molecule has 0 atom stereocenters. The number of ether oxygens (including phenoxy) is 2. The van der Waals surface area contributed by atoms with E-state index in [9.17, 15) is 19.2 Å². The molecule has 0 aliphatic rings. The quantitative estimate of drug-likeness (QED) is 0.0370. The summed E-state index contributed by atoms with van der Waals surface area (Å²) < 4.78 is 9.99. The van der Waals surface area contributed by atoms with Crippen molar-refractivity contribution in [3.05, 3.63) is 48.6 Å². The number of allylic oxidation sites excluding steroid dienone is 8. The molecule has 0 aromatic rings. The third-order valence-corrected chi connectivity index (χ3v) is 8.30. The van der Waals surface area contributed by atoms with E-state index < -0.39 is 23.9 Å². The van der Waals surface area contributed by atoms with Gasteiger partial charge in [-0.15, -0.1) is 0 Å². The molecule has 0 aliphatic carbocycles. The van der Waals surface area contributed by atoms with Gasteiger partial charge in [0.2, 0.25) is 0 Å². The molecule has 0 aliphatic heterocycles. The average Bonchev–Trinajstić information content (AvgIpc) is 3.12. The van der Waals surface area contributed by atoms with Gasteiger partial charge in [0, 0.05) is 0 Å². The molecule has 52 heavy (non-hydrogen) atoms. The highest BCUT2D eigenvalue weighted by Gasteiger charge is 2.07. The standard InChI is InChI=1S/2C22H38O4/c2*1-2-3-4-5-6-7-8-9-10-11-12-13-14-15-16-17-20-26-22(25)19-18-21(23)24/h2*6-7,9-10H,2-5,8,11-20H2,1H3,(H,23,24)/b2*7-6-,10-9-. The molecule has 0 spiro atoms. The molecular weight excluding hydrogens is 656 g/mol. The maximum atomic E-state index is 11.2. The predicted molar refractivity (Wildman–Crippen MR) is 214 cm³/mol. The van der Waals surface area contributed by atoms with Gasteiger partial charge in [-0.1, -0.05) is 140 Å². The van der Waals surface area contributed by atoms with Gasteiger partial charge in [-0.25, -0.2) is 0 Å². The van der Waals surface area contributed by atoms with Crippen molar-refractivity contribution in [1.29, 1.82) is 0 Å². The van der Waals surface area contributed by atoms with Crippen LogP contribution in [0.5, 0.6) is 0 Å². The molecule has 0 amide bonds. The zero-order chi connectivity index (χ0) is 38.6. The summed E-state index contributed by atoms with van der Waals surface area (Å²) in [5.41, 5.74) is 0. The molecule has 0 radical (unpaired) electrons. The highest BCUT2D eigenvalue weighted by atomic mass is 16.5. The number of aliphatic carboxylic acids is 2. The van der Waals surface area contributed by atoms with E-state index in [0.717, 1.165) is 64.2 Å². The van der Waals surface area contributed by atoms with Gasteiger partial charge < -0.3 is 19.7 Å². The number of hydrogen-bond acceptors (Lipinski definition) is 6. The molecule has 0 saturated carbocycles. The SMILES string of the molecule is CCCCC/C=C\C/C=C\CCCCCCCCOC(=O)CCC(=O)O.CCCCC/C=C\C/C=C\CCCCCCCCOC(=O)CCC(=O)O. The lowest BCUT2D eigenvalue weighted by molar-refractivity contribution is -0.147. The number of carboxylic acid groups (broad SMARTS) is 2. The molecule has 2 N–H and O–H groups in total. The van der Waals surface area contributed by atoms with Crippen molar-refractivity contribution in [3.63, 3.8) is 0 Å². The first kappa shape index (κ1) is 50.9. The zero-order valence-electron chi connectivity index (χ0n) is 33.2. The van der Waals surface area contributed by atoms with E-state index in [1.165, 1.54) is 89.9 Å². The minimum atomic E-state index is -0.962.